The van der Waals surface area contributed by atoms with E-state index in [1.807, 2.05) is 0 Å². The number of benzene rings is 1. The van der Waals surface area contributed by atoms with E-state index in [1.54, 1.807) is 0 Å². The Morgan fingerprint density at radius 3 is 2.28 bits per heavy atom. The molecule has 0 saturated heterocycles. The fraction of sp³-hybridized carbons (Fsp3) is 0.417. The number of nitrogens with one attached hydrogen (secondary N) is 1. The first kappa shape index (κ1) is 19.5. The van der Waals surface area contributed by atoms with Gasteiger partial charge in [0.2, 0.25) is 5.96 Å². The van der Waals surface area contributed by atoms with Gasteiger partial charge in [-0.15, -0.1) is 0 Å². The van der Waals surface area contributed by atoms with Crippen LogP contribution in [0.15, 0.2) is 41.5 Å². The number of aliphatic imine (C=N–C) groups is 1. The van der Waals surface area contributed by atoms with Crippen LogP contribution in [0.1, 0.15) is 52.7 Å². The van der Waals surface area contributed by atoms with E-state index < -0.39 is 0 Å². The van der Waals surface area contributed by atoms with Gasteiger partial charge in [-0.3, -0.25) is 9.30 Å². The van der Waals surface area contributed by atoms with Crippen LogP contribution < -0.4 is 10.2 Å². The van der Waals surface area contributed by atoms with E-state index >= 15 is 0 Å². The normalized spacial score (nSPS) is 15.9. The summed E-state index contributed by atoms with van der Waals surface area (Å²) in [6.45, 7) is 17.3. The molecule has 1 aliphatic rings. The number of hydrogen-bond donors (Lipinski definition) is 1. The molecule has 0 bridgehead atoms. The van der Waals surface area contributed by atoms with Crippen LogP contribution in [0.25, 0.3) is 16.9 Å². The van der Waals surface area contributed by atoms with E-state index in [0.717, 1.165) is 34.4 Å². The number of imidazole rings is 1. The predicted molar refractivity (Wildman–Crippen MR) is 123 cm³/mol. The number of aryl methyl sites for hydroxylation is 2. The number of hydrogen-bond acceptors (Lipinski definition) is 2. The van der Waals surface area contributed by atoms with Gasteiger partial charge in [0.1, 0.15) is 17.2 Å². The van der Waals surface area contributed by atoms with Crippen LogP contribution in [-0.2, 0) is 0 Å². The van der Waals surface area contributed by atoms with E-state index in [-0.39, 0.29) is 11.1 Å². The lowest BCUT2D eigenvalue weighted by Gasteiger charge is -2.38. The summed E-state index contributed by atoms with van der Waals surface area (Å²) in [5, 5.41) is 3.63. The van der Waals surface area contributed by atoms with E-state index in [0.29, 0.717) is 0 Å². The molecule has 0 aliphatic carbocycles. The lowest BCUT2D eigenvalue weighted by Crippen LogP contribution is -2.50. The highest BCUT2D eigenvalue weighted by molar-refractivity contribution is 6.12. The van der Waals surface area contributed by atoms with Crippen molar-refractivity contribution in [2.75, 3.05) is 10.2 Å². The Bertz CT molecular complexity index is 1120. The fourth-order valence-corrected chi connectivity index (χ4v) is 3.80. The van der Waals surface area contributed by atoms with Gasteiger partial charge in [-0.05, 0) is 79.2 Å². The molecular formula is C24H31N5. The van der Waals surface area contributed by atoms with Crippen molar-refractivity contribution in [2.45, 2.75) is 66.5 Å². The molecular weight excluding hydrogens is 358 g/mol. The molecule has 1 aromatic carbocycles. The molecule has 5 nitrogen and oxygen atoms in total. The van der Waals surface area contributed by atoms with Gasteiger partial charge in [0, 0.05) is 17.3 Å². The number of nitrogens with zero attached hydrogens (tertiary/aromatic N) is 4. The first-order chi connectivity index (χ1) is 13.4. The third kappa shape index (κ3) is 3.50. The Kier molecular flexibility index (Phi) is 4.26. The zero-order chi connectivity index (χ0) is 21.1. The largest absolute Gasteiger partial charge is 0.325 e. The van der Waals surface area contributed by atoms with Gasteiger partial charge in [0.25, 0.3) is 0 Å². The van der Waals surface area contributed by atoms with Crippen molar-refractivity contribution in [1.29, 1.82) is 0 Å². The molecule has 3 aromatic rings. The maximum Gasteiger partial charge on any atom is 0.205 e. The number of aromatic nitrogens is 2. The number of fused-ring (bicyclic) bond motifs is 5. The van der Waals surface area contributed by atoms with Crippen molar-refractivity contribution in [3.63, 3.8) is 0 Å². The topological polar surface area (TPSA) is 44.9 Å². The molecule has 2 aromatic heterocycles. The number of pyridine rings is 1. The Labute approximate surface area is 173 Å². The van der Waals surface area contributed by atoms with E-state index in [2.05, 4.69) is 107 Å². The standard InChI is InChI=1S/C24H31N5/c1-15-9-11-18-17(13-15)20-21(28-14-16(2)10-12-19(28)26-20)29(24(6,7)8)22(25-18)27-23(3,4)5/h9-14H,1-8H3,(H,25,27). The van der Waals surface area contributed by atoms with Crippen molar-refractivity contribution >= 4 is 23.1 Å². The van der Waals surface area contributed by atoms with Crippen molar-refractivity contribution in [3.8, 4) is 11.3 Å². The Morgan fingerprint density at radius 2 is 1.62 bits per heavy atom. The van der Waals surface area contributed by atoms with Gasteiger partial charge in [-0.1, -0.05) is 17.7 Å². The molecule has 0 radical (unpaired) electrons. The summed E-state index contributed by atoms with van der Waals surface area (Å²) in [5.74, 6) is 1.90. The molecule has 0 unspecified atom stereocenters. The van der Waals surface area contributed by atoms with Crippen molar-refractivity contribution in [2.24, 2.45) is 4.99 Å². The molecule has 0 amide bonds. The van der Waals surface area contributed by atoms with Gasteiger partial charge < -0.3 is 5.32 Å². The monoisotopic (exact) mass is 389 g/mol. The molecule has 152 valence electrons. The Morgan fingerprint density at radius 1 is 0.931 bits per heavy atom. The molecule has 5 heteroatoms. The van der Waals surface area contributed by atoms with Crippen LogP contribution in [0.4, 0.5) is 11.5 Å². The average Bonchev–Trinajstić information content (AvgIpc) is 2.86. The minimum Gasteiger partial charge on any atom is -0.325 e. The van der Waals surface area contributed by atoms with Gasteiger partial charge in [-0.25, -0.2) is 9.98 Å². The van der Waals surface area contributed by atoms with Gasteiger partial charge in [0.05, 0.1) is 11.2 Å². The van der Waals surface area contributed by atoms with Crippen LogP contribution in [-0.4, -0.2) is 26.4 Å². The van der Waals surface area contributed by atoms with Gasteiger partial charge in [-0.2, -0.15) is 0 Å². The third-order valence-electron chi connectivity index (χ3n) is 4.95. The highest BCUT2D eigenvalue weighted by Crippen LogP contribution is 2.42. The number of guanidine groups is 1. The summed E-state index contributed by atoms with van der Waals surface area (Å²) < 4.78 is 2.20. The zero-order valence-electron chi connectivity index (χ0n) is 18.8. The minimum absolute atomic E-state index is 0.206. The van der Waals surface area contributed by atoms with Crippen LogP contribution in [0.2, 0.25) is 0 Å². The first-order valence-electron chi connectivity index (χ1n) is 10.2. The first-order valence-corrected chi connectivity index (χ1v) is 10.2. The highest BCUT2D eigenvalue weighted by Gasteiger charge is 2.36. The predicted octanol–water partition coefficient (Wildman–Crippen LogP) is 5.80. The van der Waals surface area contributed by atoms with Crippen molar-refractivity contribution in [1.82, 2.24) is 9.38 Å². The summed E-state index contributed by atoms with van der Waals surface area (Å²) in [6.07, 6.45) is 2.16. The summed E-state index contributed by atoms with van der Waals surface area (Å²) in [6, 6.07) is 10.7. The summed E-state index contributed by atoms with van der Waals surface area (Å²) in [5.41, 5.74) is 6.04. The molecule has 4 rings (SSSR count). The maximum atomic E-state index is 5.10. The quantitative estimate of drug-likeness (QED) is 0.528. The lowest BCUT2D eigenvalue weighted by atomic mass is 10.0. The van der Waals surface area contributed by atoms with Crippen LogP contribution in [0.5, 0.6) is 0 Å². The molecule has 0 fully saturated rings. The van der Waals surface area contributed by atoms with Crippen molar-refractivity contribution < 1.29 is 0 Å². The number of rotatable bonds is 0. The molecule has 1 N–H and O–H groups in total. The Balaban J connectivity index is 2.15. The third-order valence-corrected chi connectivity index (χ3v) is 4.95. The summed E-state index contributed by atoms with van der Waals surface area (Å²) >= 11 is 0. The second-order valence-electron chi connectivity index (χ2n) is 10.0. The van der Waals surface area contributed by atoms with Crippen LogP contribution in [0, 0.1) is 13.8 Å². The summed E-state index contributed by atoms with van der Waals surface area (Å²) in [7, 11) is 0. The highest BCUT2D eigenvalue weighted by atomic mass is 15.4. The second kappa shape index (κ2) is 6.34. The number of anilines is 2. The average molecular weight is 390 g/mol. The minimum atomic E-state index is -0.225. The molecule has 3 heterocycles. The zero-order valence-corrected chi connectivity index (χ0v) is 18.8. The molecule has 29 heavy (non-hydrogen) atoms. The summed E-state index contributed by atoms with van der Waals surface area (Å²) in [4.78, 5) is 12.4. The lowest BCUT2D eigenvalue weighted by molar-refractivity contribution is 0.546. The van der Waals surface area contributed by atoms with E-state index in [1.165, 1.54) is 11.1 Å². The van der Waals surface area contributed by atoms with E-state index in [4.69, 9.17) is 9.98 Å². The van der Waals surface area contributed by atoms with Gasteiger partial charge in [0.15, 0.2) is 0 Å². The molecule has 1 aliphatic heterocycles. The van der Waals surface area contributed by atoms with E-state index in [9.17, 15) is 0 Å². The molecule has 0 saturated carbocycles. The van der Waals surface area contributed by atoms with Crippen LogP contribution >= 0.6 is 0 Å². The fourth-order valence-electron chi connectivity index (χ4n) is 3.80. The SMILES string of the molecule is Cc1ccc2c(c1)-c1nc3ccc(C)cn3c1N(C(C)(C)C)C(=NC(C)(C)C)N2. The van der Waals surface area contributed by atoms with Crippen LogP contribution in [0.3, 0.4) is 0 Å². The molecule has 0 atom stereocenters. The Hall–Kier alpha value is -2.82. The smallest absolute Gasteiger partial charge is 0.205 e. The molecule has 0 spiro atoms. The maximum absolute atomic E-state index is 5.10. The van der Waals surface area contributed by atoms with Crippen molar-refractivity contribution in [3.05, 3.63) is 47.7 Å². The van der Waals surface area contributed by atoms with Gasteiger partial charge >= 0.3 is 0 Å². The second-order valence-corrected chi connectivity index (χ2v) is 10.0.